The first-order valence-corrected chi connectivity index (χ1v) is 12.4. The van der Waals surface area contributed by atoms with E-state index in [0.717, 1.165) is 5.56 Å². The van der Waals surface area contributed by atoms with Gasteiger partial charge in [-0.15, -0.1) is 0 Å². The first-order chi connectivity index (χ1) is 18.1. The van der Waals surface area contributed by atoms with Crippen molar-refractivity contribution in [2.45, 2.75) is 31.6 Å². The number of benzene rings is 2. The van der Waals surface area contributed by atoms with Crippen molar-refractivity contribution in [2.24, 2.45) is 11.8 Å². The molecule has 0 aliphatic heterocycles. The molecular formula is C29H28N2O7. The van der Waals surface area contributed by atoms with Gasteiger partial charge < -0.3 is 29.7 Å². The van der Waals surface area contributed by atoms with E-state index in [1.54, 1.807) is 19.1 Å². The molecule has 4 N–H and O–H groups in total. The van der Waals surface area contributed by atoms with Crippen LogP contribution in [0.15, 0.2) is 70.0 Å². The van der Waals surface area contributed by atoms with Crippen molar-refractivity contribution < 1.29 is 34.5 Å². The molecule has 6 rings (SSSR count). The number of hydrogen-bond acceptors (Lipinski definition) is 9. The summed E-state index contributed by atoms with van der Waals surface area (Å²) in [4.78, 5) is 15.8. The van der Waals surface area contributed by atoms with Crippen molar-refractivity contribution in [3.8, 4) is 11.6 Å². The highest BCUT2D eigenvalue weighted by atomic mass is 16.5. The minimum Gasteiger partial charge on any atom is -0.507 e. The van der Waals surface area contributed by atoms with Gasteiger partial charge in [-0.1, -0.05) is 42.5 Å². The Labute approximate surface area is 218 Å². The van der Waals surface area contributed by atoms with Gasteiger partial charge in [0.25, 0.3) is 5.88 Å². The summed E-state index contributed by atoms with van der Waals surface area (Å²) in [5.74, 6) is -2.46. The number of aromatic nitrogens is 1. The average Bonchev–Trinajstić information content (AvgIpc) is 3.30. The zero-order chi connectivity index (χ0) is 26.9. The molecule has 0 fully saturated rings. The van der Waals surface area contributed by atoms with Crippen LogP contribution in [0.1, 0.15) is 52.2 Å². The summed E-state index contributed by atoms with van der Waals surface area (Å²) in [6.45, 7) is 1.76. The average molecular weight is 517 g/mol. The van der Waals surface area contributed by atoms with Gasteiger partial charge in [0.1, 0.15) is 29.4 Å². The molecule has 3 aliphatic rings. The van der Waals surface area contributed by atoms with Crippen LogP contribution in [0, 0.1) is 11.8 Å². The van der Waals surface area contributed by atoms with E-state index in [-0.39, 0.29) is 52.7 Å². The van der Waals surface area contributed by atoms with Crippen LogP contribution >= 0.6 is 0 Å². The molecule has 0 bridgehead atoms. The van der Waals surface area contributed by atoms with E-state index in [2.05, 4.69) is 5.16 Å². The van der Waals surface area contributed by atoms with Gasteiger partial charge in [-0.2, -0.15) is 0 Å². The smallest absolute Gasteiger partial charge is 0.266 e. The van der Waals surface area contributed by atoms with E-state index in [1.165, 1.54) is 6.07 Å². The molecule has 0 unspecified atom stereocenters. The fraction of sp³-hybridized carbons (Fsp3) is 0.310. The van der Waals surface area contributed by atoms with Crippen molar-refractivity contribution in [2.75, 3.05) is 14.1 Å². The number of aliphatic hydroxyl groups is 3. The van der Waals surface area contributed by atoms with Crippen LogP contribution in [-0.2, 0) is 12.2 Å². The predicted molar refractivity (Wildman–Crippen MR) is 137 cm³/mol. The molecule has 0 saturated heterocycles. The van der Waals surface area contributed by atoms with E-state index in [0.29, 0.717) is 11.3 Å². The van der Waals surface area contributed by atoms with Crippen molar-refractivity contribution in [3.63, 3.8) is 0 Å². The number of ether oxygens (including phenoxy) is 1. The SMILES string of the molecule is CN(C)[C@@H]1c2onc(OCc3ccccc3)c2C(=O)C2=C(O)C3=C(O)c4c(O)cccc4[C@@](C)(O)[C@H]3C[C@H]21. The molecule has 3 aromatic rings. The number of nitrogens with zero attached hydrogens (tertiary/aromatic N) is 2. The van der Waals surface area contributed by atoms with Crippen LogP contribution in [0.2, 0.25) is 0 Å². The Morgan fingerprint density at radius 3 is 2.47 bits per heavy atom. The lowest BCUT2D eigenvalue weighted by Gasteiger charge is -2.47. The molecular weight excluding hydrogens is 488 g/mol. The molecule has 38 heavy (non-hydrogen) atoms. The van der Waals surface area contributed by atoms with Crippen molar-refractivity contribution in [1.29, 1.82) is 0 Å². The number of ketones is 1. The van der Waals surface area contributed by atoms with E-state index in [4.69, 9.17) is 9.26 Å². The monoisotopic (exact) mass is 516 g/mol. The summed E-state index contributed by atoms with van der Waals surface area (Å²) in [7, 11) is 3.67. The van der Waals surface area contributed by atoms with Gasteiger partial charge in [-0.25, -0.2) is 0 Å². The highest BCUT2D eigenvalue weighted by molar-refractivity contribution is 6.13. The van der Waals surface area contributed by atoms with E-state index >= 15 is 0 Å². The molecule has 3 aliphatic carbocycles. The topological polar surface area (TPSA) is 136 Å². The number of rotatable bonds is 4. The first kappa shape index (κ1) is 24.3. The maximum absolute atomic E-state index is 13.9. The fourth-order valence-corrected chi connectivity index (χ4v) is 6.29. The van der Waals surface area contributed by atoms with Gasteiger partial charge >= 0.3 is 0 Å². The Morgan fingerprint density at radius 1 is 1.03 bits per heavy atom. The normalized spacial score (nSPS) is 26.1. The van der Waals surface area contributed by atoms with Gasteiger partial charge in [0.2, 0.25) is 5.78 Å². The van der Waals surface area contributed by atoms with Crippen molar-refractivity contribution in [3.05, 3.63) is 93.5 Å². The minimum absolute atomic E-state index is 0.0263. The molecule has 0 radical (unpaired) electrons. The molecule has 4 atom stereocenters. The van der Waals surface area contributed by atoms with Crippen LogP contribution < -0.4 is 4.74 Å². The quantitative estimate of drug-likeness (QED) is 0.398. The second kappa shape index (κ2) is 8.47. The standard InChI is InChI=1S/C29H28N2O7/c1-29(36)16-10-7-11-18(32)20(16)26(35)21-17(29)12-15-19(24(21)33)25(34)22-27(23(15)31(2)3)38-30-28(22)37-13-14-8-5-4-6-9-14/h4-11,15,17,23,32-33,35-36H,12-13H2,1-3H3/t15-,17+,23+,29-/m1/s1. The second-order valence-electron chi connectivity index (χ2n) is 10.5. The first-order valence-electron chi connectivity index (χ1n) is 12.4. The summed E-state index contributed by atoms with van der Waals surface area (Å²) < 4.78 is 11.6. The van der Waals surface area contributed by atoms with Gasteiger partial charge in [0.15, 0.2) is 5.76 Å². The van der Waals surface area contributed by atoms with Crippen LogP contribution in [0.25, 0.3) is 5.76 Å². The number of fused-ring (bicyclic) bond motifs is 4. The van der Waals surface area contributed by atoms with Crippen LogP contribution in [0.5, 0.6) is 11.6 Å². The van der Waals surface area contributed by atoms with Gasteiger partial charge in [-0.3, -0.25) is 9.69 Å². The minimum atomic E-state index is -1.54. The Hall–Kier alpha value is -4.08. The van der Waals surface area contributed by atoms with Crippen molar-refractivity contribution >= 4 is 11.5 Å². The van der Waals surface area contributed by atoms with Crippen LogP contribution in [0.3, 0.4) is 0 Å². The number of allylic oxidation sites excluding steroid dienone is 1. The van der Waals surface area contributed by atoms with Crippen LogP contribution in [-0.4, -0.2) is 50.4 Å². The molecule has 0 spiro atoms. The highest BCUT2D eigenvalue weighted by Gasteiger charge is 2.56. The number of carbonyl (C=O) groups is 1. The summed E-state index contributed by atoms with van der Waals surface area (Å²) in [5, 5.41) is 49.1. The molecule has 9 nitrogen and oxygen atoms in total. The summed E-state index contributed by atoms with van der Waals surface area (Å²) in [6, 6.07) is 13.6. The summed E-state index contributed by atoms with van der Waals surface area (Å²) in [6.07, 6.45) is 0.232. The maximum atomic E-state index is 13.9. The Bertz CT molecular complexity index is 1520. The number of carbonyl (C=O) groups excluding carboxylic acids is 1. The molecule has 1 heterocycles. The van der Waals surface area contributed by atoms with Gasteiger partial charge in [-0.05, 0) is 49.8 Å². The Kier molecular flexibility index (Phi) is 5.41. The van der Waals surface area contributed by atoms with E-state index < -0.39 is 35.0 Å². The van der Waals surface area contributed by atoms with Crippen LogP contribution in [0.4, 0.5) is 0 Å². The Balaban J connectivity index is 1.51. The van der Waals surface area contributed by atoms with Crippen molar-refractivity contribution in [1.82, 2.24) is 10.1 Å². The summed E-state index contributed by atoms with van der Waals surface area (Å²) in [5.41, 5.74) is -0.0124. The van der Waals surface area contributed by atoms with E-state index in [1.807, 2.05) is 49.3 Å². The maximum Gasteiger partial charge on any atom is 0.266 e. The molecule has 196 valence electrons. The highest BCUT2D eigenvalue weighted by Crippen LogP contribution is 2.58. The number of phenols is 1. The molecule has 9 heteroatoms. The summed E-state index contributed by atoms with van der Waals surface area (Å²) >= 11 is 0. The molecule has 0 saturated carbocycles. The fourth-order valence-electron chi connectivity index (χ4n) is 6.29. The zero-order valence-corrected chi connectivity index (χ0v) is 21.2. The lowest BCUT2D eigenvalue weighted by Crippen LogP contribution is -2.46. The zero-order valence-electron chi connectivity index (χ0n) is 21.2. The lowest BCUT2D eigenvalue weighted by molar-refractivity contribution is -0.0137. The third kappa shape index (κ3) is 3.32. The van der Waals surface area contributed by atoms with Gasteiger partial charge in [0, 0.05) is 23.0 Å². The predicted octanol–water partition coefficient (Wildman–Crippen LogP) is 4.40. The Morgan fingerprint density at radius 2 is 1.76 bits per heavy atom. The second-order valence-corrected chi connectivity index (χ2v) is 10.5. The van der Waals surface area contributed by atoms with Gasteiger partial charge in [0.05, 0.1) is 17.2 Å². The number of phenolic OH excluding ortho intramolecular Hbond substituents is 1. The molecule has 0 amide bonds. The van der Waals surface area contributed by atoms with E-state index in [9.17, 15) is 25.2 Å². The third-order valence-corrected chi connectivity index (χ3v) is 8.06. The number of Topliss-reactive ketones (excluding diaryl/α,β-unsaturated/α-hetero) is 1. The number of aliphatic hydroxyl groups excluding tert-OH is 2. The number of aromatic hydroxyl groups is 1. The number of hydrogen-bond donors (Lipinski definition) is 4. The largest absolute Gasteiger partial charge is 0.507 e. The molecule has 1 aromatic heterocycles. The molecule has 2 aromatic carbocycles. The third-order valence-electron chi connectivity index (χ3n) is 8.06. The lowest BCUT2D eigenvalue weighted by atomic mass is 9.60.